The van der Waals surface area contributed by atoms with Crippen LogP contribution in [0.1, 0.15) is 25.3 Å². The largest absolute Gasteiger partial charge is 0.278 e. The Morgan fingerprint density at radius 2 is 1.60 bits per heavy atom. The number of aromatic amines is 1. The normalized spacial score (nSPS) is 11.3. The molecule has 25 heavy (non-hydrogen) atoms. The quantitative estimate of drug-likeness (QED) is 0.625. The summed E-state index contributed by atoms with van der Waals surface area (Å²) in [4.78, 5) is 25.5. The van der Waals surface area contributed by atoms with E-state index in [1.54, 1.807) is 12.4 Å². The van der Waals surface area contributed by atoms with E-state index >= 15 is 0 Å². The number of pyridine rings is 1. The molecule has 0 radical (unpaired) electrons. The zero-order chi connectivity index (χ0) is 17.4. The molecular formula is C19H17N5O. The van der Waals surface area contributed by atoms with Crippen LogP contribution < -0.4 is 5.56 Å². The zero-order valence-corrected chi connectivity index (χ0v) is 14.0. The average molecular weight is 331 g/mol. The van der Waals surface area contributed by atoms with Gasteiger partial charge in [-0.25, -0.2) is 9.97 Å². The van der Waals surface area contributed by atoms with Crippen LogP contribution in [0.2, 0.25) is 0 Å². The predicted octanol–water partition coefficient (Wildman–Crippen LogP) is 3.27. The Morgan fingerprint density at radius 3 is 2.28 bits per heavy atom. The van der Waals surface area contributed by atoms with Gasteiger partial charge in [0.15, 0.2) is 0 Å². The summed E-state index contributed by atoms with van der Waals surface area (Å²) in [5.74, 6) is 0.428. The van der Waals surface area contributed by atoms with Crippen LogP contribution >= 0.6 is 0 Å². The van der Waals surface area contributed by atoms with E-state index in [0.717, 1.165) is 16.7 Å². The van der Waals surface area contributed by atoms with Crippen molar-refractivity contribution in [3.63, 3.8) is 0 Å². The Hall–Kier alpha value is -3.28. The van der Waals surface area contributed by atoms with E-state index in [2.05, 4.69) is 20.1 Å². The minimum Gasteiger partial charge on any atom is -0.278 e. The van der Waals surface area contributed by atoms with Crippen molar-refractivity contribution in [2.45, 2.75) is 19.8 Å². The highest BCUT2D eigenvalue weighted by molar-refractivity contribution is 5.70. The fraction of sp³-hybridized carbons (Fsp3) is 0.158. The number of nitrogens with zero attached hydrogens (tertiary/aromatic N) is 4. The molecule has 0 aliphatic carbocycles. The van der Waals surface area contributed by atoms with E-state index in [1.165, 1.54) is 10.8 Å². The molecule has 0 unspecified atom stereocenters. The van der Waals surface area contributed by atoms with Gasteiger partial charge in [0, 0.05) is 23.5 Å². The number of aromatic nitrogens is 5. The molecule has 1 N–H and O–H groups in total. The van der Waals surface area contributed by atoms with Crippen molar-refractivity contribution in [3.05, 3.63) is 71.0 Å². The number of H-pyrrole nitrogens is 1. The van der Waals surface area contributed by atoms with Crippen molar-refractivity contribution in [1.29, 1.82) is 0 Å². The monoisotopic (exact) mass is 331 g/mol. The summed E-state index contributed by atoms with van der Waals surface area (Å²) in [5, 5.41) is 2.82. The molecule has 6 nitrogen and oxygen atoms in total. The number of benzene rings is 1. The summed E-state index contributed by atoms with van der Waals surface area (Å²) in [5.41, 5.74) is 4.36. The molecule has 0 aliphatic heterocycles. The van der Waals surface area contributed by atoms with Crippen molar-refractivity contribution in [1.82, 2.24) is 24.6 Å². The van der Waals surface area contributed by atoms with E-state index < -0.39 is 0 Å². The molecule has 6 heteroatoms. The highest BCUT2D eigenvalue weighted by atomic mass is 16.1. The number of hydrogen-bond acceptors (Lipinski definition) is 4. The molecule has 0 saturated heterocycles. The summed E-state index contributed by atoms with van der Waals surface area (Å²) in [6.45, 7) is 3.99. The van der Waals surface area contributed by atoms with Gasteiger partial charge < -0.3 is 0 Å². The Balaban J connectivity index is 1.87. The number of nitrogens with one attached hydrogen (secondary N) is 1. The summed E-state index contributed by atoms with van der Waals surface area (Å²) < 4.78 is 1.38. The molecule has 0 amide bonds. The third-order valence-corrected chi connectivity index (χ3v) is 4.22. The third-order valence-electron chi connectivity index (χ3n) is 4.22. The zero-order valence-electron chi connectivity index (χ0n) is 14.0. The minimum atomic E-state index is -0.106. The van der Waals surface area contributed by atoms with Gasteiger partial charge in [-0.15, -0.1) is 0 Å². The molecule has 0 saturated carbocycles. The van der Waals surface area contributed by atoms with E-state index in [9.17, 15) is 4.79 Å². The SMILES string of the molecule is CC(C)c1c(-c2ccc(-c3ccncc3)cc2)nc2nc[nH]n2c1=O. The second-order valence-electron chi connectivity index (χ2n) is 6.17. The molecule has 0 bridgehead atoms. The maximum atomic E-state index is 12.8. The minimum absolute atomic E-state index is 0.0510. The highest BCUT2D eigenvalue weighted by Gasteiger charge is 2.18. The van der Waals surface area contributed by atoms with Crippen LogP contribution in [0.25, 0.3) is 28.2 Å². The summed E-state index contributed by atoms with van der Waals surface area (Å²) in [6, 6.07) is 12.0. The van der Waals surface area contributed by atoms with Crippen molar-refractivity contribution in [2.75, 3.05) is 0 Å². The molecule has 4 aromatic rings. The first-order valence-corrected chi connectivity index (χ1v) is 8.12. The number of rotatable bonds is 3. The molecule has 3 aromatic heterocycles. The predicted molar refractivity (Wildman–Crippen MR) is 96.4 cm³/mol. The first kappa shape index (κ1) is 15.3. The van der Waals surface area contributed by atoms with Gasteiger partial charge in [0.25, 0.3) is 11.3 Å². The van der Waals surface area contributed by atoms with Gasteiger partial charge in [-0.2, -0.15) is 4.52 Å². The Morgan fingerprint density at radius 1 is 0.960 bits per heavy atom. The molecular weight excluding hydrogens is 314 g/mol. The van der Waals surface area contributed by atoms with Crippen molar-refractivity contribution >= 4 is 5.78 Å². The molecule has 124 valence electrons. The molecule has 4 rings (SSSR count). The van der Waals surface area contributed by atoms with Gasteiger partial charge in [-0.3, -0.25) is 14.9 Å². The second-order valence-corrected chi connectivity index (χ2v) is 6.17. The lowest BCUT2D eigenvalue weighted by Gasteiger charge is -2.12. The van der Waals surface area contributed by atoms with Gasteiger partial charge in [0.1, 0.15) is 6.33 Å². The maximum Gasteiger partial charge on any atom is 0.278 e. The first-order valence-electron chi connectivity index (χ1n) is 8.12. The maximum absolute atomic E-state index is 12.8. The molecule has 0 aliphatic rings. The standard InChI is InChI=1S/C19H17N5O/c1-12(2)16-17(23-19-21-11-22-24(19)18(16)25)15-5-3-13(4-6-15)14-7-9-20-10-8-14/h3-12H,1-2H3,(H,21,22,23). The van der Waals surface area contributed by atoms with Crippen LogP contribution in [0, 0.1) is 0 Å². The van der Waals surface area contributed by atoms with E-state index in [4.69, 9.17) is 0 Å². The summed E-state index contributed by atoms with van der Waals surface area (Å²) in [7, 11) is 0. The van der Waals surface area contributed by atoms with Crippen molar-refractivity contribution in [3.8, 4) is 22.4 Å². The fourth-order valence-electron chi connectivity index (χ4n) is 2.98. The lowest BCUT2D eigenvalue weighted by molar-refractivity contribution is 0.797. The van der Waals surface area contributed by atoms with Crippen LogP contribution in [0.5, 0.6) is 0 Å². The lowest BCUT2D eigenvalue weighted by Crippen LogP contribution is -2.22. The highest BCUT2D eigenvalue weighted by Crippen LogP contribution is 2.27. The van der Waals surface area contributed by atoms with E-state index in [0.29, 0.717) is 17.0 Å². The van der Waals surface area contributed by atoms with Gasteiger partial charge in [-0.1, -0.05) is 38.1 Å². The van der Waals surface area contributed by atoms with Crippen LogP contribution in [-0.4, -0.2) is 24.6 Å². The van der Waals surface area contributed by atoms with E-state index in [1.807, 2.05) is 50.2 Å². The molecule has 0 fully saturated rings. The Labute approximate surface area is 144 Å². The average Bonchev–Trinajstić information content (AvgIpc) is 3.11. The third kappa shape index (κ3) is 2.61. The van der Waals surface area contributed by atoms with Gasteiger partial charge in [-0.05, 0) is 29.2 Å². The molecule has 0 atom stereocenters. The molecule has 0 spiro atoms. The van der Waals surface area contributed by atoms with Gasteiger partial charge in [0.05, 0.1) is 5.69 Å². The van der Waals surface area contributed by atoms with Crippen molar-refractivity contribution < 1.29 is 0 Å². The Kier molecular flexibility index (Phi) is 3.65. The van der Waals surface area contributed by atoms with Crippen LogP contribution in [0.3, 0.4) is 0 Å². The van der Waals surface area contributed by atoms with Crippen LogP contribution in [0.15, 0.2) is 59.9 Å². The van der Waals surface area contributed by atoms with Gasteiger partial charge in [0.2, 0.25) is 0 Å². The van der Waals surface area contributed by atoms with Crippen LogP contribution in [0.4, 0.5) is 0 Å². The summed E-state index contributed by atoms with van der Waals surface area (Å²) >= 11 is 0. The Bertz CT molecular complexity index is 1080. The fourth-order valence-corrected chi connectivity index (χ4v) is 2.98. The lowest BCUT2D eigenvalue weighted by atomic mass is 9.97. The molecule has 3 heterocycles. The number of fused-ring (bicyclic) bond motifs is 1. The topological polar surface area (TPSA) is 75.9 Å². The van der Waals surface area contributed by atoms with Crippen molar-refractivity contribution in [2.24, 2.45) is 0 Å². The number of hydrogen-bond donors (Lipinski definition) is 1. The smallest absolute Gasteiger partial charge is 0.278 e. The molecule has 1 aromatic carbocycles. The first-order chi connectivity index (χ1) is 12.1. The second kappa shape index (κ2) is 5.98. The van der Waals surface area contributed by atoms with Gasteiger partial charge >= 0.3 is 0 Å². The van der Waals surface area contributed by atoms with E-state index in [-0.39, 0.29) is 11.5 Å². The van der Waals surface area contributed by atoms with Crippen LogP contribution in [-0.2, 0) is 0 Å². The summed E-state index contributed by atoms with van der Waals surface area (Å²) in [6.07, 6.45) is 5.02.